The molecule has 0 aliphatic heterocycles. The van der Waals surface area contributed by atoms with E-state index >= 15 is 0 Å². The Labute approximate surface area is 112 Å². The number of allylic oxidation sites excluding steroid dienone is 2. The van der Waals surface area contributed by atoms with Crippen LogP contribution in [0.1, 0.15) is 57.9 Å². The van der Waals surface area contributed by atoms with Crippen molar-refractivity contribution in [1.29, 1.82) is 0 Å². The average molecular weight is 246 g/mol. The number of unbranched alkanes of at least 4 members (excludes halogenated alkanes) is 5. The van der Waals surface area contributed by atoms with Crippen LogP contribution in [-0.2, 0) is 0 Å². The van der Waals surface area contributed by atoms with Crippen molar-refractivity contribution in [3.8, 4) is 5.75 Å². The van der Waals surface area contributed by atoms with Crippen molar-refractivity contribution in [1.82, 2.24) is 0 Å². The second-order valence-corrected chi connectivity index (χ2v) is 4.82. The standard InChI is InChI=1S/C17H26O/c1-4-5-6-7-8-9-10-15(2)16-11-13-17(18-3)14-12-16/h10-14H,4-9H2,1-3H3/b15-10+. The molecule has 0 amide bonds. The lowest BCUT2D eigenvalue weighted by atomic mass is 10.0. The first kappa shape index (κ1) is 14.8. The first-order valence-electron chi connectivity index (χ1n) is 7.09. The van der Waals surface area contributed by atoms with Gasteiger partial charge in [0.15, 0.2) is 0 Å². The van der Waals surface area contributed by atoms with Crippen LogP contribution in [0.5, 0.6) is 5.75 Å². The van der Waals surface area contributed by atoms with Gasteiger partial charge in [0, 0.05) is 0 Å². The van der Waals surface area contributed by atoms with Crippen LogP contribution < -0.4 is 4.74 Å². The molecule has 0 fully saturated rings. The van der Waals surface area contributed by atoms with E-state index in [4.69, 9.17) is 4.74 Å². The zero-order chi connectivity index (χ0) is 13.2. The van der Waals surface area contributed by atoms with Gasteiger partial charge in [0.2, 0.25) is 0 Å². The zero-order valence-corrected chi connectivity index (χ0v) is 12.0. The average Bonchev–Trinajstić information content (AvgIpc) is 2.42. The molecule has 1 rings (SSSR count). The summed E-state index contributed by atoms with van der Waals surface area (Å²) in [6, 6.07) is 8.30. The van der Waals surface area contributed by atoms with Crippen LogP contribution in [0.25, 0.3) is 5.57 Å². The van der Waals surface area contributed by atoms with Gasteiger partial charge in [-0.3, -0.25) is 0 Å². The summed E-state index contributed by atoms with van der Waals surface area (Å²) in [5, 5.41) is 0. The molecule has 1 heteroatoms. The molecule has 1 nitrogen and oxygen atoms in total. The highest BCUT2D eigenvalue weighted by Crippen LogP contribution is 2.19. The summed E-state index contributed by atoms with van der Waals surface area (Å²) in [6.45, 7) is 4.45. The van der Waals surface area contributed by atoms with Gasteiger partial charge in [-0.25, -0.2) is 0 Å². The lowest BCUT2D eigenvalue weighted by Crippen LogP contribution is -1.84. The molecule has 1 aromatic rings. The topological polar surface area (TPSA) is 9.23 Å². The van der Waals surface area contributed by atoms with Gasteiger partial charge in [0.05, 0.1) is 7.11 Å². The summed E-state index contributed by atoms with van der Waals surface area (Å²) in [5.41, 5.74) is 2.66. The zero-order valence-electron chi connectivity index (χ0n) is 12.0. The molecule has 0 bridgehead atoms. The Hall–Kier alpha value is -1.24. The SMILES string of the molecule is CCCCCCC/C=C(\C)c1ccc(OC)cc1. The van der Waals surface area contributed by atoms with E-state index in [1.807, 2.05) is 12.1 Å². The highest BCUT2D eigenvalue weighted by molar-refractivity contribution is 5.64. The Morgan fingerprint density at radius 2 is 1.72 bits per heavy atom. The summed E-state index contributed by atoms with van der Waals surface area (Å²) in [4.78, 5) is 0. The maximum absolute atomic E-state index is 5.17. The fraction of sp³-hybridized carbons (Fsp3) is 0.529. The van der Waals surface area contributed by atoms with Crippen LogP contribution >= 0.6 is 0 Å². The van der Waals surface area contributed by atoms with E-state index < -0.39 is 0 Å². The highest BCUT2D eigenvalue weighted by atomic mass is 16.5. The first-order valence-corrected chi connectivity index (χ1v) is 7.09. The summed E-state index contributed by atoms with van der Waals surface area (Å²) < 4.78 is 5.17. The molecule has 0 saturated carbocycles. The minimum absolute atomic E-state index is 0.922. The van der Waals surface area contributed by atoms with E-state index in [0.29, 0.717) is 0 Å². The summed E-state index contributed by atoms with van der Waals surface area (Å²) >= 11 is 0. The van der Waals surface area contributed by atoms with Crippen LogP contribution in [-0.4, -0.2) is 7.11 Å². The molecule has 0 N–H and O–H groups in total. The molecule has 0 spiro atoms. The van der Waals surface area contributed by atoms with E-state index in [2.05, 4.69) is 32.1 Å². The minimum atomic E-state index is 0.922. The van der Waals surface area contributed by atoms with Crippen LogP contribution in [0.2, 0.25) is 0 Å². The van der Waals surface area contributed by atoms with Gasteiger partial charge in [-0.15, -0.1) is 0 Å². The largest absolute Gasteiger partial charge is 0.497 e. The number of benzene rings is 1. The first-order chi connectivity index (χ1) is 8.77. The van der Waals surface area contributed by atoms with Crippen molar-refractivity contribution in [2.24, 2.45) is 0 Å². The van der Waals surface area contributed by atoms with Crippen molar-refractivity contribution in [2.45, 2.75) is 52.4 Å². The molecule has 1 aromatic carbocycles. The predicted molar refractivity (Wildman–Crippen MR) is 80.0 cm³/mol. The molecule has 0 aromatic heterocycles. The number of hydrogen-bond acceptors (Lipinski definition) is 1. The molecule has 0 radical (unpaired) electrons. The quantitative estimate of drug-likeness (QED) is 0.553. The molecule has 18 heavy (non-hydrogen) atoms. The molecule has 100 valence electrons. The monoisotopic (exact) mass is 246 g/mol. The van der Waals surface area contributed by atoms with Crippen molar-refractivity contribution >= 4 is 5.57 Å². The van der Waals surface area contributed by atoms with Crippen LogP contribution in [0.4, 0.5) is 0 Å². The molecular formula is C17H26O. The highest BCUT2D eigenvalue weighted by Gasteiger charge is 1.96. The predicted octanol–water partition coefficient (Wildman–Crippen LogP) is 5.46. The summed E-state index contributed by atoms with van der Waals surface area (Å²) in [6.07, 6.45) is 10.3. The Balaban J connectivity index is 2.35. The van der Waals surface area contributed by atoms with Gasteiger partial charge in [-0.05, 0) is 43.0 Å². The van der Waals surface area contributed by atoms with E-state index in [0.717, 1.165) is 5.75 Å². The Kier molecular flexibility index (Phi) is 7.24. The maximum Gasteiger partial charge on any atom is 0.118 e. The van der Waals surface area contributed by atoms with Gasteiger partial charge < -0.3 is 4.74 Å². The van der Waals surface area contributed by atoms with Crippen molar-refractivity contribution in [3.05, 3.63) is 35.9 Å². The number of rotatable bonds is 8. The van der Waals surface area contributed by atoms with E-state index in [-0.39, 0.29) is 0 Å². The lowest BCUT2D eigenvalue weighted by molar-refractivity contribution is 0.415. The van der Waals surface area contributed by atoms with Gasteiger partial charge in [-0.2, -0.15) is 0 Å². The fourth-order valence-corrected chi connectivity index (χ4v) is 2.04. The second kappa shape index (κ2) is 8.79. The van der Waals surface area contributed by atoms with Crippen molar-refractivity contribution < 1.29 is 4.74 Å². The molecule has 0 heterocycles. The smallest absolute Gasteiger partial charge is 0.118 e. The van der Waals surface area contributed by atoms with Crippen LogP contribution in [0.15, 0.2) is 30.3 Å². The summed E-state index contributed by atoms with van der Waals surface area (Å²) in [7, 11) is 1.70. The van der Waals surface area contributed by atoms with Crippen molar-refractivity contribution in [2.75, 3.05) is 7.11 Å². The third-order valence-electron chi connectivity index (χ3n) is 3.30. The minimum Gasteiger partial charge on any atom is -0.497 e. The van der Waals surface area contributed by atoms with E-state index in [1.54, 1.807) is 7.11 Å². The molecule has 0 saturated heterocycles. The van der Waals surface area contributed by atoms with Crippen LogP contribution in [0, 0.1) is 0 Å². The van der Waals surface area contributed by atoms with Gasteiger partial charge >= 0.3 is 0 Å². The molecule has 0 unspecified atom stereocenters. The lowest BCUT2D eigenvalue weighted by Gasteiger charge is -2.04. The third-order valence-corrected chi connectivity index (χ3v) is 3.30. The second-order valence-electron chi connectivity index (χ2n) is 4.82. The molecule has 0 atom stereocenters. The van der Waals surface area contributed by atoms with Gasteiger partial charge in [0.25, 0.3) is 0 Å². The fourth-order valence-electron chi connectivity index (χ4n) is 2.04. The molecular weight excluding hydrogens is 220 g/mol. The Morgan fingerprint density at radius 1 is 1.06 bits per heavy atom. The van der Waals surface area contributed by atoms with Gasteiger partial charge in [0.1, 0.15) is 5.75 Å². The van der Waals surface area contributed by atoms with Gasteiger partial charge in [-0.1, -0.05) is 50.8 Å². The third kappa shape index (κ3) is 5.39. The van der Waals surface area contributed by atoms with Crippen LogP contribution in [0.3, 0.4) is 0 Å². The maximum atomic E-state index is 5.17. The molecule has 0 aliphatic carbocycles. The molecule has 0 aliphatic rings. The Bertz CT molecular complexity index is 348. The number of methoxy groups -OCH3 is 1. The summed E-state index contributed by atoms with van der Waals surface area (Å²) in [5.74, 6) is 0.922. The Morgan fingerprint density at radius 3 is 2.33 bits per heavy atom. The van der Waals surface area contributed by atoms with E-state index in [9.17, 15) is 0 Å². The van der Waals surface area contributed by atoms with Crippen molar-refractivity contribution in [3.63, 3.8) is 0 Å². The number of hydrogen-bond donors (Lipinski definition) is 0. The van der Waals surface area contributed by atoms with E-state index in [1.165, 1.54) is 49.7 Å². The normalized spacial score (nSPS) is 11.6. The number of ether oxygens (including phenoxy) is 1.